The zero-order valence-corrected chi connectivity index (χ0v) is 18.9. The minimum Gasteiger partial charge on any atom is -0.493 e. The van der Waals surface area contributed by atoms with Crippen molar-refractivity contribution in [2.45, 2.75) is 23.1 Å². The highest BCUT2D eigenvalue weighted by atomic mass is 32.2. The van der Waals surface area contributed by atoms with Gasteiger partial charge in [0.25, 0.3) is 0 Å². The van der Waals surface area contributed by atoms with Crippen LogP contribution in [0.4, 0.5) is 10.1 Å². The van der Waals surface area contributed by atoms with Crippen LogP contribution in [0.15, 0.2) is 65.6 Å². The van der Waals surface area contributed by atoms with Gasteiger partial charge in [-0.3, -0.25) is 4.79 Å². The molecule has 4 rings (SSSR count). The predicted molar refractivity (Wildman–Crippen MR) is 123 cm³/mol. The van der Waals surface area contributed by atoms with Crippen molar-refractivity contribution in [3.8, 4) is 17.2 Å². The summed E-state index contributed by atoms with van der Waals surface area (Å²) < 4.78 is 29.8. The van der Waals surface area contributed by atoms with E-state index in [1.807, 2.05) is 36.4 Å². The quantitative estimate of drug-likeness (QED) is 0.485. The first-order chi connectivity index (χ1) is 15.5. The molecule has 0 fully saturated rings. The molecule has 1 aliphatic rings. The largest absolute Gasteiger partial charge is 0.493 e. The lowest BCUT2D eigenvalue weighted by atomic mass is 10.1. The van der Waals surface area contributed by atoms with Gasteiger partial charge >= 0.3 is 0 Å². The first-order valence-corrected chi connectivity index (χ1v) is 11.0. The highest BCUT2D eigenvalue weighted by Gasteiger charge is 2.30. The van der Waals surface area contributed by atoms with Crippen molar-refractivity contribution >= 4 is 23.4 Å². The molecule has 0 radical (unpaired) electrons. The van der Waals surface area contributed by atoms with E-state index in [1.165, 1.54) is 12.1 Å². The molecule has 5 nitrogen and oxygen atoms in total. The predicted octanol–water partition coefficient (Wildman–Crippen LogP) is 5.62. The van der Waals surface area contributed by atoms with Crippen LogP contribution in [-0.2, 0) is 11.3 Å². The standard InChI is InChI=1S/C25H24FNO4S/c1-29-20-12-17(13-21(30-2)25(20)31-3)23-14-24(28)27(15-16-8-10-18(26)11-9-16)19-6-4-5-7-22(19)32-23/h4-13,23H,14-15H2,1-3H3/t23-/m1/s1. The molecular weight excluding hydrogens is 429 g/mol. The Morgan fingerprint density at radius 1 is 0.969 bits per heavy atom. The number of benzene rings is 3. The third-order valence-electron chi connectivity index (χ3n) is 5.40. The number of nitrogens with zero attached hydrogens (tertiary/aromatic N) is 1. The molecule has 3 aromatic carbocycles. The number of methoxy groups -OCH3 is 3. The smallest absolute Gasteiger partial charge is 0.228 e. The van der Waals surface area contributed by atoms with E-state index < -0.39 is 0 Å². The summed E-state index contributed by atoms with van der Waals surface area (Å²) in [4.78, 5) is 16.2. The second-order valence-electron chi connectivity index (χ2n) is 7.34. The molecular formula is C25H24FNO4S. The van der Waals surface area contributed by atoms with Gasteiger partial charge in [-0.1, -0.05) is 24.3 Å². The van der Waals surface area contributed by atoms with Gasteiger partial charge in [0, 0.05) is 16.6 Å². The van der Waals surface area contributed by atoms with Crippen LogP contribution < -0.4 is 19.1 Å². The summed E-state index contributed by atoms with van der Waals surface area (Å²) in [6.45, 7) is 0.374. The second kappa shape index (κ2) is 9.53. The first kappa shape index (κ1) is 22.0. The third kappa shape index (κ3) is 4.39. The molecule has 1 aliphatic heterocycles. The van der Waals surface area contributed by atoms with Gasteiger partial charge in [-0.15, -0.1) is 11.8 Å². The van der Waals surface area contributed by atoms with Crippen LogP contribution in [0.2, 0.25) is 0 Å². The number of halogens is 1. The number of thioether (sulfide) groups is 1. The monoisotopic (exact) mass is 453 g/mol. The average molecular weight is 454 g/mol. The second-order valence-corrected chi connectivity index (χ2v) is 8.59. The number of carbonyl (C=O) groups is 1. The summed E-state index contributed by atoms with van der Waals surface area (Å²) in [5, 5.41) is -0.143. The Kier molecular flexibility index (Phi) is 6.55. The number of amides is 1. The lowest BCUT2D eigenvalue weighted by Crippen LogP contribution is -2.30. The van der Waals surface area contributed by atoms with Crippen molar-refractivity contribution in [2.24, 2.45) is 0 Å². The lowest BCUT2D eigenvalue weighted by Gasteiger charge is -2.23. The van der Waals surface area contributed by atoms with Gasteiger partial charge in [-0.2, -0.15) is 0 Å². The lowest BCUT2D eigenvalue weighted by molar-refractivity contribution is -0.118. The van der Waals surface area contributed by atoms with Gasteiger partial charge < -0.3 is 19.1 Å². The molecule has 0 unspecified atom stereocenters. The third-order valence-corrected chi connectivity index (χ3v) is 6.72. The van der Waals surface area contributed by atoms with Crippen LogP contribution in [0, 0.1) is 5.82 Å². The Hall–Kier alpha value is -3.19. The molecule has 166 valence electrons. The van der Waals surface area contributed by atoms with Gasteiger partial charge in [-0.05, 0) is 47.5 Å². The van der Waals surface area contributed by atoms with Crippen LogP contribution in [0.5, 0.6) is 17.2 Å². The Balaban J connectivity index is 1.72. The first-order valence-electron chi connectivity index (χ1n) is 10.1. The van der Waals surface area contributed by atoms with E-state index in [1.54, 1.807) is 50.1 Å². The average Bonchev–Trinajstić information content (AvgIpc) is 2.95. The summed E-state index contributed by atoms with van der Waals surface area (Å²) in [5.74, 6) is 1.31. The molecule has 1 heterocycles. The Morgan fingerprint density at radius 3 is 2.25 bits per heavy atom. The molecule has 0 N–H and O–H groups in total. The van der Waals surface area contributed by atoms with E-state index >= 15 is 0 Å². The molecule has 0 saturated carbocycles. The maximum absolute atomic E-state index is 13.4. The fourth-order valence-electron chi connectivity index (χ4n) is 3.80. The van der Waals surface area contributed by atoms with Crippen LogP contribution in [0.1, 0.15) is 22.8 Å². The van der Waals surface area contributed by atoms with Crippen LogP contribution >= 0.6 is 11.8 Å². The van der Waals surface area contributed by atoms with E-state index in [9.17, 15) is 9.18 Å². The van der Waals surface area contributed by atoms with Crippen molar-refractivity contribution in [3.05, 3.63) is 77.6 Å². The number of para-hydroxylation sites is 1. The molecule has 0 saturated heterocycles. The van der Waals surface area contributed by atoms with E-state index in [0.717, 1.165) is 21.7 Å². The number of fused-ring (bicyclic) bond motifs is 1. The number of anilines is 1. The van der Waals surface area contributed by atoms with Crippen molar-refractivity contribution in [1.29, 1.82) is 0 Å². The summed E-state index contributed by atoms with van der Waals surface area (Å²) in [7, 11) is 4.71. The summed E-state index contributed by atoms with van der Waals surface area (Å²) in [5.41, 5.74) is 2.63. The molecule has 1 amide bonds. The van der Waals surface area contributed by atoms with Crippen molar-refractivity contribution in [3.63, 3.8) is 0 Å². The fourth-order valence-corrected chi connectivity index (χ4v) is 5.06. The summed E-state index contributed by atoms with van der Waals surface area (Å²) in [6.07, 6.45) is 0.291. The number of hydrogen-bond donors (Lipinski definition) is 0. The molecule has 7 heteroatoms. The van der Waals surface area contributed by atoms with Gasteiger partial charge in [0.1, 0.15) is 5.82 Å². The number of carbonyl (C=O) groups excluding carboxylic acids is 1. The van der Waals surface area contributed by atoms with Crippen molar-refractivity contribution in [2.75, 3.05) is 26.2 Å². The van der Waals surface area contributed by atoms with E-state index in [2.05, 4.69) is 0 Å². The van der Waals surface area contributed by atoms with E-state index in [0.29, 0.717) is 30.2 Å². The van der Waals surface area contributed by atoms with Crippen LogP contribution in [0.3, 0.4) is 0 Å². The molecule has 0 spiro atoms. The Bertz CT molecular complexity index is 1090. The van der Waals surface area contributed by atoms with Crippen molar-refractivity contribution in [1.82, 2.24) is 0 Å². The maximum Gasteiger partial charge on any atom is 0.228 e. The highest BCUT2D eigenvalue weighted by Crippen LogP contribution is 2.49. The van der Waals surface area contributed by atoms with Crippen LogP contribution in [-0.4, -0.2) is 27.2 Å². The molecule has 32 heavy (non-hydrogen) atoms. The van der Waals surface area contributed by atoms with Crippen molar-refractivity contribution < 1.29 is 23.4 Å². The van der Waals surface area contributed by atoms with E-state index in [4.69, 9.17) is 14.2 Å². The SMILES string of the molecule is COc1cc([C@H]2CC(=O)N(Cc3ccc(F)cc3)c3ccccc3S2)cc(OC)c1OC. The Morgan fingerprint density at radius 2 is 1.62 bits per heavy atom. The van der Waals surface area contributed by atoms with E-state index in [-0.39, 0.29) is 17.0 Å². The van der Waals surface area contributed by atoms with Gasteiger partial charge in [0.2, 0.25) is 11.7 Å². The molecule has 1 atom stereocenters. The topological polar surface area (TPSA) is 48.0 Å². The minimum absolute atomic E-state index is 0.00877. The number of hydrogen-bond acceptors (Lipinski definition) is 5. The van der Waals surface area contributed by atoms with Gasteiger partial charge in [0.05, 0.1) is 33.6 Å². The molecule has 0 bridgehead atoms. The minimum atomic E-state index is -0.297. The molecule has 3 aromatic rings. The fraction of sp³-hybridized carbons (Fsp3) is 0.240. The zero-order chi connectivity index (χ0) is 22.7. The maximum atomic E-state index is 13.4. The normalized spacial score (nSPS) is 15.7. The summed E-state index contributed by atoms with van der Waals surface area (Å²) in [6, 6.07) is 17.9. The molecule has 0 aromatic heterocycles. The Labute approximate surface area is 191 Å². The summed E-state index contributed by atoms with van der Waals surface area (Å²) >= 11 is 1.63. The molecule has 0 aliphatic carbocycles. The zero-order valence-electron chi connectivity index (χ0n) is 18.1. The van der Waals surface area contributed by atoms with Gasteiger partial charge in [0.15, 0.2) is 11.5 Å². The highest BCUT2D eigenvalue weighted by molar-refractivity contribution is 7.99. The number of rotatable bonds is 6. The number of ether oxygens (including phenoxy) is 3. The van der Waals surface area contributed by atoms with Gasteiger partial charge in [-0.25, -0.2) is 4.39 Å². The van der Waals surface area contributed by atoms with Crippen LogP contribution in [0.25, 0.3) is 0 Å².